The molecule has 0 aromatic heterocycles. The third-order valence-electron chi connectivity index (χ3n) is 5.02. The molecular weight excluding hydrogens is 286 g/mol. The van der Waals surface area contributed by atoms with Gasteiger partial charge in [-0.25, -0.2) is 0 Å². The van der Waals surface area contributed by atoms with E-state index in [-0.39, 0.29) is 5.91 Å². The highest BCUT2D eigenvalue weighted by Gasteiger charge is 2.22. The molecule has 23 heavy (non-hydrogen) atoms. The van der Waals surface area contributed by atoms with Crippen molar-refractivity contribution in [2.45, 2.75) is 45.2 Å². The van der Waals surface area contributed by atoms with Gasteiger partial charge >= 0.3 is 0 Å². The van der Waals surface area contributed by atoms with Gasteiger partial charge in [-0.1, -0.05) is 24.3 Å². The van der Waals surface area contributed by atoms with Crippen LogP contribution < -0.4 is 10.6 Å². The molecule has 0 spiro atoms. The van der Waals surface area contributed by atoms with Crippen LogP contribution in [0.3, 0.4) is 0 Å². The summed E-state index contributed by atoms with van der Waals surface area (Å²) in [5.74, 6) is 0.982. The Hall–Kier alpha value is -1.39. The minimum absolute atomic E-state index is 0.156. The third kappa shape index (κ3) is 5.33. The first kappa shape index (κ1) is 16.5. The second-order valence-corrected chi connectivity index (χ2v) is 7.12. The van der Waals surface area contributed by atoms with Crippen LogP contribution in [0.2, 0.25) is 0 Å². The second kappa shape index (κ2) is 7.93. The molecule has 1 aliphatic carbocycles. The molecule has 1 aromatic carbocycles. The number of hydrogen-bond donors (Lipinski definition) is 2. The summed E-state index contributed by atoms with van der Waals surface area (Å²) in [6.07, 6.45) is 4.77. The van der Waals surface area contributed by atoms with Gasteiger partial charge in [0.2, 0.25) is 5.91 Å². The maximum atomic E-state index is 11.9. The van der Waals surface area contributed by atoms with Crippen LogP contribution in [0.15, 0.2) is 24.3 Å². The lowest BCUT2D eigenvalue weighted by Crippen LogP contribution is -2.46. The van der Waals surface area contributed by atoms with Gasteiger partial charge in [0.05, 0.1) is 6.54 Å². The molecule has 2 fully saturated rings. The summed E-state index contributed by atoms with van der Waals surface area (Å²) in [5, 5.41) is 6.44. The van der Waals surface area contributed by atoms with Crippen molar-refractivity contribution in [3.05, 3.63) is 35.4 Å². The monoisotopic (exact) mass is 315 g/mol. The number of rotatable bonds is 7. The molecule has 3 rings (SSSR count). The van der Waals surface area contributed by atoms with Gasteiger partial charge in [0.1, 0.15) is 0 Å². The first-order valence-electron chi connectivity index (χ1n) is 8.97. The van der Waals surface area contributed by atoms with Gasteiger partial charge in [-0.3, -0.25) is 9.69 Å². The molecule has 1 saturated heterocycles. The summed E-state index contributed by atoms with van der Waals surface area (Å²) in [6.45, 7) is 6.80. The summed E-state index contributed by atoms with van der Waals surface area (Å²) in [4.78, 5) is 14.4. The smallest absolute Gasteiger partial charge is 0.234 e. The molecule has 0 bridgehead atoms. The standard InChI is InChI=1S/C19H29N3O/c1-15-4-2-3-5-17(15)14-22-10-8-18(9-11-22)21-19(23)13-20-12-16-6-7-16/h2-5,16,18,20H,6-14H2,1H3,(H,21,23). The van der Waals surface area contributed by atoms with Crippen LogP contribution in [0.1, 0.15) is 36.8 Å². The molecule has 4 heteroatoms. The average Bonchev–Trinajstić information content (AvgIpc) is 3.36. The Kier molecular flexibility index (Phi) is 5.68. The van der Waals surface area contributed by atoms with Crippen LogP contribution in [0.4, 0.5) is 0 Å². The summed E-state index contributed by atoms with van der Waals surface area (Å²) < 4.78 is 0. The minimum Gasteiger partial charge on any atom is -0.352 e. The van der Waals surface area contributed by atoms with Crippen LogP contribution in [0.5, 0.6) is 0 Å². The van der Waals surface area contributed by atoms with Crippen LogP contribution in [-0.2, 0) is 11.3 Å². The van der Waals surface area contributed by atoms with Gasteiger partial charge in [0, 0.05) is 25.7 Å². The number of nitrogens with one attached hydrogen (secondary N) is 2. The van der Waals surface area contributed by atoms with E-state index in [2.05, 4.69) is 46.7 Å². The number of benzene rings is 1. The number of amides is 1. The number of carbonyl (C=O) groups excluding carboxylic acids is 1. The highest BCUT2D eigenvalue weighted by Crippen LogP contribution is 2.27. The maximum absolute atomic E-state index is 11.9. The Morgan fingerprint density at radius 2 is 1.91 bits per heavy atom. The fourth-order valence-corrected chi connectivity index (χ4v) is 3.25. The molecule has 1 saturated carbocycles. The van der Waals surface area contributed by atoms with Crippen molar-refractivity contribution in [2.75, 3.05) is 26.2 Å². The van der Waals surface area contributed by atoms with Crippen molar-refractivity contribution >= 4 is 5.91 Å². The van der Waals surface area contributed by atoms with E-state index in [9.17, 15) is 4.79 Å². The Bertz CT molecular complexity index is 519. The predicted octanol–water partition coefficient (Wildman–Crippen LogP) is 2.08. The summed E-state index contributed by atoms with van der Waals surface area (Å²) in [7, 11) is 0. The number of piperidine rings is 1. The van der Waals surface area contributed by atoms with Gasteiger partial charge in [0.15, 0.2) is 0 Å². The van der Waals surface area contributed by atoms with Crippen molar-refractivity contribution in [2.24, 2.45) is 5.92 Å². The Balaban J connectivity index is 1.34. The number of carbonyl (C=O) groups is 1. The van der Waals surface area contributed by atoms with E-state index in [4.69, 9.17) is 0 Å². The van der Waals surface area contributed by atoms with E-state index in [1.807, 2.05) is 0 Å². The lowest BCUT2D eigenvalue weighted by atomic mass is 10.0. The summed E-state index contributed by atoms with van der Waals surface area (Å²) in [6, 6.07) is 8.95. The molecule has 2 aliphatic rings. The zero-order valence-corrected chi connectivity index (χ0v) is 14.2. The van der Waals surface area contributed by atoms with Crippen molar-refractivity contribution in [3.63, 3.8) is 0 Å². The quantitative estimate of drug-likeness (QED) is 0.810. The number of hydrogen-bond acceptors (Lipinski definition) is 3. The molecule has 1 heterocycles. The van der Waals surface area contributed by atoms with Crippen molar-refractivity contribution < 1.29 is 4.79 Å². The average molecular weight is 315 g/mol. The van der Waals surface area contributed by atoms with Crippen LogP contribution >= 0.6 is 0 Å². The second-order valence-electron chi connectivity index (χ2n) is 7.12. The highest BCUT2D eigenvalue weighted by atomic mass is 16.1. The maximum Gasteiger partial charge on any atom is 0.234 e. The van der Waals surface area contributed by atoms with E-state index < -0.39 is 0 Å². The lowest BCUT2D eigenvalue weighted by Gasteiger charge is -2.32. The van der Waals surface area contributed by atoms with E-state index in [1.165, 1.54) is 24.0 Å². The van der Waals surface area contributed by atoms with Gasteiger partial charge in [-0.05, 0) is 56.2 Å². The molecule has 126 valence electrons. The zero-order valence-electron chi connectivity index (χ0n) is 14.2. The molecule has 1 amide bonds. The zero-order chi connectivity index (χ0) is 16.1. The number of nitrogens with zero attached hydrogens (tertiary/aromatic N) is 1. The van der Waals surface area contributed by atoms with E-state index in [0.717, 1.165) is 44.9 Å². The topological polar surface area (TPSA) is 44.4 Å². The molecule has 1 aromatic rings. The van der Waals surface area contributed by atoms with E-state index in [1.54, 1.807) is 0 Å². The van der Waals surface area contributed by atoms with Crippen molar-refractivity contribution in [3.8, 4) is 0 Å². The SMILES string of the molecule is Cc1ccccc1CN1CCC(NC(=O)CNCC2CC2)CC1. The van der Waals surface area contributed by atoms with Crippen molar-refractivity contribution in [1.82, 2.24) is 15.5 Å². The first-order valence-corrected chi connectivity index (χ1v) is 8.97. The predicted molar refractivity (Wildman–Crippen MR) is 93.2 cm³/mol. The van der Waals surface area contributed by atoms with E-state index in [0.29, 0.717) is 12.6 Å². The largest absolute Gasteiger partial charge is 0.352 e. The van der Waals surface area contributed by atoms with Gasteiger partial charge in [0.25, 0.3) is 0 Å². The van der Waals surface area contributed by atoms with Gasteiger partial charge in [-0.2, -0.15) is 0 Å². The molecule has 1 aliphatic heterocycles. The summed E-state index contributed by atoms with van der Waals surface area (Å²) in [5.41, 5.74) is 2.78. The molecule has 0 unspecified atom stereocenters. The van der Waals surface area contributed by atoms with Crippen LogP contribution in [0.25, 0.3) is 0 Å². The third-order valence-corrected chi connectivity index (χ3v) is 5.02. The van der Waals surface area contributed by atoms with E-state index >= 15 is 0 Å². The Labute approximate surface area is 139 Å². The normalized spacial score (nSPS) is 19.7. The highest BCUT2D eigenvalue weighted by molar-refractivity contribution is 5.78. The number of likely N-dealkylation sites (tertiary alicyclic amines) is 1. The minimum atomic E-state index is 0.156. The van der Waals surface area contributed by atoms with Gasteiger partial charge in [-0.15, -0.1) is 0 Å². The van der Waals surface area contributed by atoms with Crippen LogP contribution in [0, 0.1) is 12.8 Å². The molecule has 0 radical (unpaired) electrons. The Morgan fingerprint density at radius 1 is 1.17 bits per heavy atom. The fraction of sp³-hybridized carbons (Fsp3) is 0.632. The molecule has 2 N–H and O–H groups in total. The fourth-order valence-electron chi connectivity index (χ4n) is 3.25. The number of aryl methyl sites for hydroxylation is 1. The molecule has 0 atom stereocenters. The van der Waals surface area contributed by atoms with Crippen LogP contribution in [-0.4, -0.2) is 43.0 Å². The molecule has 4 nitrogen and oxygen atoms in total. The summed E-state index contributed by atoms with van der Waals surface area (Å²) >= 11 is 0. The van der Waals surface area contributed by atoms with Gasteiger partial charge < -0.3 is 10.6 Å². The van der Waals surface area contributed by atoms with Crippen molar-refractivity contribution in [1.29, 1.82) is 0 Å². The lowest BCUT2D eigenvalue weighted by molar-refractivity contribution is -0.121. The molecular formula is C19H29N3O. The first-order chi connectivity index (χ1) is 11.2. The Morgan fingerprint density at radius 3 is 2.61 bits per heavy atom.